The maximum atomic E-state index is 12.9. The van der Waals surface area contributed by atoms with E-state index in [2.05, 4.69) is 42.3 Å². The number of rotatable bonds is 4. The molecule has 2 aliphatic heterocycles. The molecule has 0 N–H and O–H groups in total. The van der Waals surface area contributed by atoms with Crippen molar-refractivity contribution in [2.45, 2.75) is 58.8 Å². The number of nitrogens with zero attached hydrogens (tertiary/aromatic N) is 4. The van der Waals surface area contributed by atoms with Crippen LogP contribution in [0.3, 0.4) is 0 Å². The highest BCUT2D eigenvalue weighted by atomic mass is 16.5. The number of hydrogen-bond donors (Lipinski definition) is 0. The normalized spacial score (nSPS) is 22.2. The zero-order chi connectivity index (χ0) is 17.3. The average molecular weight is 334 g/mol. The third kappa shape index (κ3) is 3.35. The molecule has 6 heteroatoms. The summed E-state index contributed by atoms with van der Waals surface area (Å²) in [4.78, 5) is 21.9. The molecule has 1 amide bonds. The number of carbonyl (C=O) groups excluding carboxylic acids is 1. The molecule has 2 aliphatic rings. The number of imidazole rings is 1. The molecule has 6 nitrogen and oxygen atoms in total. The Labute approximate surface area is 144 Å². The van der Waals surface area contributed by atoms with E-state index in [0.717, 1.165) is 38.3 Å². The Morgan fingerprint density at radius 3 is 2.75 bits per heavy atom. The lowest BCUT2D eigenvalue weighted by Crippen LogP contribution is -2.45. The topological polar surface area (TPSA) is 50.6 Å². The minimum Gasteiger partial charge on any atom is -0.381 e. The summed E-state index contributed by atoms with van der Waals surface area (Å²) in [6.45, 7) is 10.4. The van der Waals surface area contributed by atoms with Crippen LogP contribution in [0.25, 0.3) is 0 Å². The van der Waals surface area contributed by atoms with Crippen molar-refractivity contribution in [1.82, 2.24) is 19.4 Å². The van der Waals surface area contributed by atoms with Crippen LogP contribution in [0.15, 0.2) is 6.20 Å². The molecule has 3 rings (SSSR count). The minimum atomic E-state index is 0.0483. The third-order valence-corrected chi connectivity index (χ3v) is 5.52. The van der Waals surface area contributed by atoms with Crippen molar-refractivity contribution in [1.29, 1.82) is 0 Å². The van der Waals surface area contributed by atoms with E-state index >= 15 is 0 Å². The Morgan fingerprint density at radius 1 is 1.38 bits per heavy atom. The SMILES string of the molecule is CC(C)N(C)Cc1cnc2n1CCN(C(=O)C1CCOCC1)[C@H]2C. The second-order valence-corrected chi connectivity index (χ2v) is 7.36. The minimum absolute atomic E-state index is 0.0483. The van der Waals surface area contributed by atoms with Crippen LogP contribution >= 0.6 is 0 Å². The fourth-order valence-corrected chi connectivity index (χ4v) is 3.60. The van der Waals surface area contributed by atoms with Crippen LogP contribution in [-0.2, 0) is 22.6 Å². The zero-order valence-corrected chi connectivity index (χ0v) is 15.4. The van der Waals surface area contributed by atoms with Gasteiger partial charge in [0.15, 0.2) is 0 Å². The molecule has 0 aliphatic carbocycles. The van der Waals surface area contributed by atoms with Gasteiger partial charge in [-0.3, -0.25) is 9.69 Å². The molecule has 1 atom stereocenters. The Kier molecular flexibility index (Phi) is 5.25. The second kappa shape index (κ2) is 7.23. The van der Waals surface area contributed by atoms with Gasteiger partial charge < -0.3 is 14.2 Å². The molecular weight excluding hydrogens is 304 g/mol. The van der Waals surface area contributed by atoms with Gasteiger partial charge >= 0.3 is 0 Å². The standard InChI is InChI=1S/C18H30N4O2/c1-13(2)20(4)12-16-11-19-17-14(3)21(7-8-22(16)17)18(23)15-5-9-24-10-6-15/h11,13-15H,5-10,12H2,1-4H3/t14-/m0/s1. The largest absolute Gasteiger partial charge is 0.381 e. The molecule has 0 radical (unpaired) electrons. The number of amides is 1. The summed E-state index contributed by atoms with van der Waals surface area (Å²) in [7, 11) is 2.14. The molecule has 24 heavy (non-hydrogen) atoms. The Balaban J connectivity index is 1.72. The quantitative estimate of drug-likeness (QED) is 0.846. The van der Waals surface area contributed by atoms with Gasteiger partial charge in [0.25, 0.3) is 0 Å². The number of ether oxygens (including phenoxy) is 1. The first-order chi connectivity index (χ1) is 11.5. The van der Waals surface area contributed by atoms with Gasteiger partial charge in [-0.15, -0.1) is 0 Å². The molecule has 0 saturated carbocycles. The van der Waals surface area contributed by atoms with Gasteiger partial charge in [0, 0.05) is 51.0 Å². The highest BCUT2D eigenvalue weighted by Gasteiger charge is 2.34. The van der Waals surface area contributed by atoms with Crippen LogP contribution in [0, 0.1) is 5.92 Å². The maximum absolute atomic E-state index is 12.9. The molecule has 3 heterocycles. The van der Waals surface area contributed by atoms with Crippen LogP contribution in [0.2, 0.25) is 0 Å². The summed E-state index contributed by atoms with van der Waals surface area (Å²) >= 11 is 0. The third-order valence-electron chi connectivity index (χ3n) is 5.52. The lowest BCUT2D eigenvalue weighted by Gasteiger charge is -2.37. The molecule has 1 saturated heterocycles. The van der Waals surface area contributed by atoms with Crippen molar-refractivity contribution in [3.63, 3.8) is 0 Å². The van der Waals surface area contributed by atoms with E-state index < -0.39 is 0 Å². The van der Waals surface area contributed by atoms with E-state index in [1.165, 1.54) is 5.69 Å². The van der Waals surface area contributed by atoms with Crippen molar-refractivity contribution >= 4 is 5.91 Å². The van der Waals surface area contributed by atoms with Gasteiger partial charge in [-0.1, -0.05) is 0 Å². The van der Waals surface area contributed by atoms with Gasteiger partial charge in [-0.25, -0.2) is 4.98 Å². The van der Waals surface area contributed by atoms with Crippen molar-refractivity contribution < 1.29 is 9.53 Å². The van der Waals surface area contributed by atoms with Crippen molar-refractivity contribution in [2.75, 3.05) is 26.8 Å². The highest BCUT2D eigenvalue weighted by Crippen LogP contribution is 2.29. The van der Waals surface area contributed by atoms with Gasteiger partial charge in [0.2, 0.25) is 5.91 Å². The van der Waals surface area contributed by atoms with E-state index in [-0.39, 0.29) is 17.9 Å². The molecule has 0 unspecified atom stereocenters. The lowest BCUT2D eigenvalue weighted by molar-refractivity contribution is -0.142. The fraction of sp³-hybridized carbons (Fsp3) is 0.778. The van der Waals surface area contributed by atoms with Crippen LogP contribution in [0.4, 0.5) is 0 Å². The lowest BCUT2D eigenvalue weighted by atomic mass is 9.97. The zero-order valence-electron chi connectivity index (χ0n) is 15.4. The van der Waals surface area contributed by atoms with Gasteiger partial charge in [-0.2, -0.15) is 0 Å². The molecule has 1 aromatic heterocycles. The number of carbonyl (C=O) groups is 1. The van der Waals surface area contributed by atoms with Crippen LogP contribution in [-0.4, -0.2) is 58.1 Å². The summed E-state index contributed by atoms with van der Waals surface area (Å²) in [5, 5.41) is 0. The number of aromatic nitrogens is 2. The predicted molar refractivity (Wildman–Crippen MR) is 92.5 cm³/mol. The van der Waals surface area contributed by atoms with Crippen LogP contribution < -0.4 is 0 Å². The van der Waals surface area contributed by atoms with Crippen molar-refractivity contribution in [3.8, 4) is 0 Å². The van der Waals surface area contributed by atoms with E-state index in [4.69, 9.17) is 4.74 Å². The second-order valence-electron chi connectivity index (χ2n) is 7.36. The Bertz CT molecular complexity index is 578. The average Bonchev–Trinajstić information content (AvgIpc) is 2.99. The van der Waals surface area contributed by atoms with E-state index in [1.54, 1.807) is 0 Å². The van der Waals surface area contributed by atoms with Crippen molar-refractivity contribution in [3.05, 3.63) is 17.7 Å². The molecule has 0 spiro atoms. The smallest absolute Gasteiger partial charge is 0.226 e. The first-order valence-corrected chi connectivity index (χ1v) is 9.11. The Morgan fingerprint density at radius 2 is 2.08 bits per heavy atom. The van der Waals surface area contributed by atoms with E-state index in [1.807, 2.05) is 11.1 Å². The van der Waals surface area contributed by atoms with E-state index in [0.29, 0.717) is 19.3 Å². The van der Waals surface area contributed by atoms with Gasteiger partial charge in [-0.05, 0) is 40.7 Å². The summed E-state index contributed by atoms with van der Waals surface area (Å²) in [6, 6.07) is 0.552. The maximum Gasteiger partial charge on any atom is 0.226 e. The molecule has 1 fully saturated rings. The van der Waals surface area contributed by atoms with Crippen molar-refractivity contribution in [2.24, 2.45) is 5.92 Å². The first kappa shape index (κ1) is 17.4. The fourth-order valence-electron chi connectivity index (χ4n) is 3.60. The summed E-state index contributed by atoms with van der Waals surface area (Å²) < 4.78 is 7.69. The number of fused-ring (bicyclic) bond motifs is 1. The molecule has 134 valence electrons. The molecule has 0 aromatic carbocycles. The van der Waals surface area contributed by atoms with Crippen LogP contribution in [0.1, 0.15) is 51.2 Å². The molecule has 1 aromatic rings. The summed E-state index contributed by atoms with van der Waals surface area (Å²) in [6.07, 6.45) is 3.68. The number of hydrogen-bond acceptors (Lipinski definition) is 4. The monoisotopic (exact) mass is 334 g/mol. The van der Waals surface area contributed by atoms with Gasteiger partial charge in [0.1, 0.15) is 5.82 Å². The van der Waals surface area contributed by atoms with Crippen LogP contribution in [0.5, 0.6) is 0 Å². The predicted octanol–water partition coefficient (Wildman–Crippen LogP) is 2.05. The van der Waals surface area contributed by atoms with Gasteiger partial charge in [0.05, 0.1) is 11.7 Å². The Hall–Kier alpha value is -1.40. The molecular formula is C18H30N4O2. The first-order valence-electron chi connectivity index (χ1n) is 9.11. The van der Waals surface area contributed by atoms with E-state index in [9.17, 15) is 4.79 Å². The molecule has 0 bridgehead atoms. The summed E-state index contributed by atoms with van der Waals surface area (Å²) in [5.74, 6) is 1.42. The highest BCUT2D eigenvalue weighted by molar-refractivity contribution is 5.79. The summed E-state index contributed by atoms with van der Waals surface area (Å²) in [5.41, 5.74) is 1.24.